The fraction of sp³-hybridized carbons (Fsp3) is 0. The topological polar surface area (TPSA) is 0 Å². The molecule has 0 aromatic heterocycles. The van der Waals surface area contributed by atoms with Crippen molar-refractivity contribution in [2.75, 3.05) is 0 Å². The van der Waals surface area contributed by atoms with Gasteiger partial charge in [-0.3, -0.25) is 0 Å². The van der Waals surface area contributed by atoms with Crippen molar-refractivity contribution in [1.82, 2.24) is 0 Å². The van der Waals surface area contributed by atoms with Crippen LogP contribution in [0.4, 0.5) is 0 Å². The van der Waals surface area contributed by atoms with E-state index < -0.39 is 0 Å². The Kier molecular flexibility index (Phi) is 441. The van der Waals surface area contributed by atoms with Crippen molar-refractivity contribution in [2.45, 2.75) is 0 Å². The molecule has 36 valence electrons. The summed E-state index contributed by atoms with van der Waals surface area (Å²) >= 11 is 0. The second-order valence-electron chi connectivity index (χ2n) is 0. The zero-order chi connectivity index (χ0) is 0. The second kappa shape index (κ2) is 42.5. The summed E-state index contributed by atoms with van der Waals surface area (Å²) in [6.07, 6.45) is 0. The molecule has 6 heavy (non-hydrogen) atoms. The zero-order valence-corrected chi connectivity index (χ0v) is 14.1. The molecule has 0 rings (SSSR count). The molecule has 0 unspecified atom stereocenters. The summed E-state index contributed by atoms with van der Waals surface area (Å²) in [4.78, 5) is 0. The van der Waals surface area contributed by atoms with E-state index in [2.05, 4.69) is 0 Å². The minimum absolute atomic E-state index is 0. The summed E-state index contributed by atoms with van der Waals surface area (Å²) < 4.78 is 0. The molecule has 0 heterocycles. The van der Waals surface area contributed by atoms with Gasteiger partial charge < -0.3 is 1.43 Å². The van der Waals surface area contributed by atoms with E-state index in [-0.39, 0.29) is 108 Å². The van der Waals surface area contributed by atoms with Crippen LogP contribution in [0.1, 0.15) is 1.43 Å². The fourth-order valence-corrected chi connectivity index (χ4v) is 0. The van der Waals surface area contributed by atoms with Crippen molar-refractivity contribution in [2.24, 2.45) is 0 Å². The molecule has 0 aromatic carbocycles. The Morgan fingerprint density at radius 3 is 0.667 bits per heavy atom. The smallest absolute Gasteiger partial charge is 1.00 e. The van der Waals surface area contributed by atoms with E-state index in [9.17, 15) is 0 Å². The van der Waals surface area contributed by atoms with Gasteiger partial charge in [0.1, 0.15) is 0 Å². The Balaban J connectivity index is 0. The molecule has 0 bridgehead atoms. The third-order valence-electron chi connectivity index (χ3n) is 0. The average Bonchev–Trinajstić information content (AvgIpc) is 0. The average molecular weight is 370 g/mol. The minimum Gasteiger partial charge on any atom is -1.00 e. The quantitative estimate of drug-likeness (QED) is 0.470. The van der Waals surface area contributed by atoms with Crippen molar-refractivity contribution in [1.29, 1.82) is 0 Å². The number of rotatable bonds is 0. The summed E-state index contributed by atoms with van der Waals surface area (Å²) in [6, 6.07) is 0. The van der Waals surface area contributed by atoms with Gasteiger partial charge >= 0.3 is 29.6 Å². The molecule has 0 N–H and O–H groups in total. The van der Waals surface area contributed by atoms with Crippen molar-refractivity contribution < 1.29 is 58.7 Å². The van der Waals surface area contributed by atoms with Crippen LogP contribution in [-0.2, 0) is 27.7 Å². The molecule has 0 aromatic rings. The number of hydrogen-bond donors (Lipinski definition) is 0. The minimum atomic E-state index is 0. The van der Waals surface area contributed by atoms with E-state index in [4.69, 9.17) is 0 Å². The Labute approximate surface area is 107 Å². The molecule has 0 spiro atoms. The largest absolute Gasteiger partial charge is 1.00 e. The Morgan fingerprint density at radius 2 is 0.667 bits per heavy atom. The first kappa shape index (κ1) is 62.2. The molecular weight excluding hydrogens is 365 g/mol. The molecule has 0 radical (unpaired) electrons. The standard InChI is InChI=1S/4ClH.Hg.Na.H/h4*1H;;;/q;;;;;+1;-1. The molecule has 0 saturated carbocycles. The van der Waals surface area contributed by atoms with Gasteiger partial charge in [-0.15, -0.1) is 49.6 Å². The molecule has 0 aliphatic heterocycles. The van der Waals surface area contributed by atoms with Gasteiger partial charge in [-0.05, 0) is 0 Å². The molecule has 0 atom stereocenters. The molecule has 6 heteroatoms. The maximum atomic E-state index is 0. The summed E-state index contributed by atoms with van der Waals surface area (Å²) in [6.45, 7) is 0. The van der Waals surface area contributed by atoms with Gasteiger partial charge in [0, 0.05) is 27.7 Å². The monoisotopic (exact) mass is 370 g/mol. The molecule has 0 aliphatic carbocycles. The van der Waals surface area contributed by atoms with Gasteiger partial charge in [-0.25, -0.2) is 0 Å². The van der Waals surface area contributed by atoms with Crippen LogP contribution in [0.2, 0.25) is 0 Å². The van der Waals surface area contributed by atoms with E-state index in [1.165, 1.54) is 0 Å². The second-order valence-corrected chi connectivity index (χ2v) is 0. The third kappa shape index (κ3) is 27.5. The zero-order valence-electron chi connectivity index (χ0n) is 4.34. The Bertz CT molecular complexity index is 11.7. The normalized spacial score (nSPS) is 0. The van der Waals surface area contributed by atoms with Crippen LogP contribution in [0.5, 0.6) is 0 Å². The van der Waals surface area contributed by atoms with Crippen LogP contribution < -0.4 is 29.6 Å². The van der Waals surface area contributed by atoms with Gasteiger partial charge in [0.15, 0.2) is 0 Å². The van der Waals surface area contributed by atoms with Crippen molar-refractivity contribution in [3.05, 3.63) is 0 Å². The molecule has 0 amide bonds. The van der Waals surface area contributed by atoms with Crippen molar-refractivity contribution in [3.8, 4) is 0 Å². The van der Waals surface area contributed by atoms with Crippen LogP contribution in [0.25, 0.3) is 0 Å². The van der Waals surface area contributed by atoms with Crippen LogP contribution in [0.3, 0.4) is 0 Å². The first-order valence-corrected chi connectivity index (χ1v) is 0. The maximum Gasteiger partial charge on any atom is 1.00 e. The molecule has 0 fully saturated rings. The van der Waals surface area contributed by atoms with Gasteiger partial charge in [0.2, 0.25) is 0 Å². The molecule has 0 aliphatic rings. The van der Waals surface area contributed by atoms with Gasteiger partial charge in [-0.2, -0.15) is 0 Å². The molecular formula is H5Cl4HgNa. The predicted octanol–water partition coefficient (Wildman–Crippen LogP) is -1.20. The van der Waals surface area contributed by atoms with Gasteiger partial charge in [0.25, 0.3) is 0 Å². The summed E-state index contributed by atoms with van der Waals surface area (Å²) in [7, 11) is 0. The van der Waals surface area contributed by atoms with Crippen LogP contribution in [0, 0.1) is 0 Å². The van der Waals surface area contributed by atoms with E-state index in [1.54, 1.807) is 0 Å². The summed E-state index contributed by atoms with van der Waals surface area (Å²) in [5.74, 6) is 0. The SMILES string of the molecule is Cl.Cl.Cl.Cl.[H-].[Hg].[Na+]. The van der Waals surface area contributed by atoms with Crippen LogP contribution in [-0.4, -0.2) is 0 Å². The van der Waals surface area contributed by atoms with E-state index >= 15 is 0 Å². The van der Waals surface area contributed by atoms with Crippen LogP contribution >= 0.6 is 49.6 Å². The first-order chi connectivity index (χ1) is 0. The predicted molar refractivity (Wildman–Crippen MR) is 30.1 cm³/mol. The Hall–Kier alpha value is 3.10. The van der Waals surface area contributed by atoms with E-state index in [0.29, 0.717) is 0 Å². The van der Waals surface area contributed by atoms with E-state index in [0.717, 1.165) is 0 Å². The number of hydrogen-bond acceptors (Lipinski definition) is 0. The van der Waals surface area contributed by atoms with Crippen molar-refractivity contribution >= 4 is 49.6 Å². The maximum absolute atomic E-state index is 0. The molecule has 0 nitrogen and oxygen atoms in total. The van der Waals surface area contributed by atoms with E-state index in [1.807, 2.05) is 0 Å². The molecule has 0 saturated heterocycles. The van der Waals surface area contributed by atoms with Gasteiger partial charge in [-0.1, -0.05) is 0 Å². The van der Waals surface area contributed by atoms with Crippen molar-refractivity contribution in [3.63, 3.8) is 0 Å². The summed E-state index contributed by atoms with van der Waals surface area (Å²) in [5.41, 5.74) is 0. The van der Waals surface area contributed by atoms with Crippen LogP contribution in [0.15, 0.2) is 0 Å². The first-order valence-electron chi connectivity index (χ1n) is 0. The number of halogens is 4. The fourth-order valence-electron chi connectivity index (χ4n) is 0. The van der Waals surface area contributed by atoms with Gasteiger partial charge in [0.05, 0.1) is 0 Å². The summed E-state index contributed by atoms with van der Waals surface area (Å²) in [5, 5.41) is 0. The Morgan fingerprint density at radius 1 is 0.667 bits per heavy atom. The third-order valence-corrected chi connectivity index (χ3v) is 0.